The highest BCUT2D eigenvalue weighted by Crippen LogP contribution is 2.50. The van der Waals surface area contributed by atoms with Crippen molar-refractivity contribution in [1.29, 1.82) is 0 Å². The van der Waals surface area contributed by atoms with Crippen molar-refractivity contribution in [2.24, 2.45) is 11.7 Å². The van der Waals surface area contributed by atoms with Crippen LogP contribution in [0, 0.1) is 12.8 Å². The van der Waals surface area contributed by atoms with Gasteiger partial charge in [0.25, 0.3) is 11.5 Å². The first-order valence-electron chi connectivity index (χ1n) is 10.2. The molecule has 1 fully saturated rings. The first-order chi connectivity index (χ1) is 14.8. The van der Waals surface area contributed by atoms with Crippen LogP contribution < -0.4 is 5.73 Å². The number of primary amides is 1. The first kappa shape index (κ1) is 24.2. The summed E-state index contributed by atoms with van der Waals surface area (Å²) < 4.78 is 80.8. The number of halogens is 6. The summed E-state index contributed by atoms with van der Waals surface area (Å²) in [5, 5.41) is 9.59. The number of alkyl halides is 6. The van der Waals surface area contributed by atoms with Crippen molar-refractivity contribution in [2.75, 3.05) is 0 Å². The lowest BCUT2D eigenvalue weighted by atomic mass is 9.89. The average molecular weight is 462 g/mol. The fraction of sp³-hybridized carbons (Fsp3) is 0.500. The van der Waals surface area contributed by atoms with E-state index in [1.165, 1.54) is 6.07 Å². The molecular weight excluding hydrogens is 438 g/mol. The Morgan fingerprint density at radius 2 is 1.56 bits per heavy atom. The third-order valence-electron chi connectivity index (χ3n) is 6.22. The van der Waals surface area contributed by atoms with Gasteiger partial charge in [0.15, 0.2) is 0 Å². The zero-order valence-electron chi connectivity index (χ0n) is 17.4. The topological polar surface area (TPSA) is 68.2 Å². The molecule has 2 aromatic rings. The Bertz CT molecular complexity index is 956. The molecule has 4 nitrogen and oxygen atoms in total. The number of nitrogens with two attached hydrogens (primary N) is 1. The molecule has 0 aliphatic heterocycles. The monoisotopic (exact) mass is 462 g/mol. The highest BCUT2D eigenvalue weighted by molar-refractivity contribution is 5.95. The summed E-state index contributed by atoms with van der Waals surface area (Å²) in [6, 6.07) is 4.86. The predicted molar refractivity (Wildman–Crippen MR) is 106 cm³/mol. The van der Waals surface area contributed by atoms with Crippen molar-refractivity contribution in [2.45, 2.75) is 63.5 Å². The summed E-state index contributed by atoms with van der Waals surface area (Å²) in [4.78, 5) is 11.8. The maximum atomic E-state index is 13.2. The minimum Gasteiger partial charge on any atom is -0.369 e. The molecule has 3 N–H and O–H groups in total. The van der Waals surface area contributed by atoms with Crippen LogP contribution in [-0.2, 0) is 12.1 Å². The molecule has 176 valence electrons. The SMILES string of the molecule is Cc1c(C(N)=O)cc(-c2ccc(C(O)(C(F)(F)F)C(F)(F)F)cc2)n1CC1CCCCC1. The van der Waals surface area contributed by atoms with Gasteiger partial charge in [-0.25, -0.2) is 0 Å². The molecule has 0 unspecified atom stereocenters. The number of aliphatic hydroxyl groups is 1. The van der Waals surface area contributed by atoms with Crippen molar-refractivity contribution in [1.82, 2.24) is 4.57 Å². The molecule has 10 heteroatoms. The molecule has 1 amide bonds. The smallest absolute Gasteiger partial charge is 0.369 e. The summed E-state index contributed by atoms with van der Waals surface area (Å²) in [5.74, 6) is -0.333. The number of benzene rings is 1. The molecular formula is C22H24F6N2O2. The highest BCUT2D eigenvalue weighted by atomic mass is 19.4. The van der Waals surface area contributed by atoms with Gasteiger partial charge in [0.2, 0.25) is 0 Å². The average Bonchev–Trinajstić information content (AvgIpc) is 3.03. The Morgan fingerprint density at radius 3 is 2.03 bits per heavy atom. The quantitative estimate of drug-likeness (QED) is 0.580. The molecule has 3 rings (SSSR count). The van der Waals surface area contributed by atoms with Crippen LogP contribution in [0.25, 0.3) is 11.3 Å². The van der Waals surface area contributed by atoms with Crippen molar-refractivity contribution < 1.29 is 36.2 Å². The van der Waals surface area contributed by atoms with Gasteiger partial charge in [0.05, 0.1) is 5.56 Å². The molecule has 0 atom stereocenters. The largest absolute Gasteiger partial charge is 0.430 e. The summed E-state index contributed by atoms with van der Waals surface area (Å²) in [5.41, 5.74) is 0.731. The maximum absolute atomic E-state index is 13.2. The van der Waals surface area contributed by atoms with E-state index in [9.17, 15) is 36.2 Å². The molecule has 1 aromatic carbocycles. The van der Waals surface area contributed by atoms with E-state index in [0.29, 0.717) is 41.5 Å². The predicted octanol–water partition coefficient (Wildman–Crippen LogP) is 5.45. The van der Waals surface area contributed by atoms with Gasteiger partial charge in [-0.05, 0) is 37.3 Å². The Morgan fingerprint density at radius 1 is 1.03 bits per heavy atom. The lowest BCUT2D eigenvalue weighted by Crippen LogP contribution is -2.53. The second-order valence-corrected chi connectivity index (χ2v) is 8.29. The third-order valence-corrected chi connectivity index (χ3v) is 6.22. The van der Waals surface area contributed by atoms with E-state index in [1.807, 2.05) is 4.57 Å². The van der Waals surface area contributed by atoms with Crippen LogP contribution in [0.4, 0.5) is 26.3 Å². The molecule has 0 radical (unpaired) electrons. The summed E-state index contributed by atoms with van der Waals surface area (Å²) in [6.07, 6.45) is -6.63. The van der Waals surface area contributed by atoms with E-state index in [4.69, 9.17) is 5.73 Å². The second kappa shape index (κ2) is 8.46. The van der Waals surface area contributed by atoms with Crippen LogP contribution in [0.2, 0.25) is 0 Å². The fourth-order valence-electron chi connectivity index (χ4n) is 4.37. The fourth-order valence-corrected chi connectivity index (χ4v) is 4.37. The number of nitrogens with zero attached hydrogens (tertiary/aromatic N) is 1. The number of rotatable bonds is 5. The Kier molecular flexibility index (Phi) is 6.38. The van der Waals surface area contributed by atoms with Crippen LogP contribution in [0.15, 0.2) is 30.3 Å². The number of hydrogen-bond acceptors (Lipinski definition) is 2. The van der Waals surface area contributed by atoms with E-state index in [-0.39, 0.29) is 5.56 Å². The van der Waals surface area contributed by atoms with E-state index < -0.39 is 29.4 Å². The summed E-state index contributed by atoms with van der Waals surface area (Å²) in [7, 11) is 0. The van der Waals surface area contributed by atoms with Gasteiger partial charge >= 0.3 is 12.4 Å². The van der Waals surface area contributed by atoms with Crippen LogP contribution in [-0.4, -0.2) is 27.9 Å². The van der Waals surface area contributed by atoms with Gasteiger partial charge in [-0.3, -0.25) is 4.79 Å². The van der Waals surface area contributed by atoms with Gasteiger partial charge in [0, 0.05) is 23.5 Å². The molecule has 1 aliphatic rings. The zero-order chi connectivity index (χ0) is 23.9. The minimum atomic E-state index is -5.95. The normalized spacial score (nSPS) is 16.4. The van der Waals surface area contributed by atoms with Gasteiger partial charge in [-0.15, -0.1) is 0 Å². The van der Waals surface area contributed by atoms with Gasteiger partial charge in [0.1, 0.15) is 0 Å². The van der Waals surface area contributed by atoms with Gasteiger partial charge < -0.3 is 15.4 Å². The van der Waals surface area contributed by atoms with Gasteiger partial charge in [-0.2, -0.15) is 26.3 Å². The highest BCUT2D eigenvalue weighted by Gasteiger charge is 2.71. The van der Waals surface area contributed by atoms with E-state index in [2.05, 4.69) is 0 Å². The Labute approximate surface area is 181 Å². The first-order valence-corrected chi connectivity index (χ1v) is 10.2. The van der Waals surface area contributed by atoms with Crippen molar-refractivity contribution in [3.63, 3.8) is 0 Å². The standard InChI is InChI=1S/C22H24F6N2O2/c1-13-17(19(29)31)11-18(30(13)12-14-5-3-2-4-6-14)15-7-9-16(10-8-15)20(32,21(23,24)25)22(26,27)28/h7-11,14,32H,2-6,12H2,1H3,(H2,29,31). The van der Waals surface area contributed by atoms with Crippen LogP contribution in [0.3, 0.4) is 0 Å². The lowest BCUT2D eigenvalue weighted by molar-refractivity contribution is -0.376. The molecule has 0 spiro atoms. The van der Waals surface area contributed by atoms with Crippen LogP contribution in [0.1, 0.15) is 53.7 Å². The summed E-state index contributed by atoms with van der Waals surface area (Å²) in [6.45, 7) is 2.26. The number of aromatic nitrogens is 1. The number of carbonyl (C=O) groups excluding carboxylic acids is 1. The number of carbonyl (C=O) groups is 1. The molecule has 1 aromatic heterocycles. The Balaban J connectivity index is 2.04. The van der Waals surface area contributed by atoms with Crippen molar-refractivity contribution in [3.8, 4) is 11.3 Å². The van der Waals surface area contributed by atoms with Crippen molar-refractivity contribution in [3.05, 3.63) is 47.2 Å². The minimum absolute atomic E-state index is 0.238. The van der Waals surface area contributed by atoms with E-state index in [1.54, 1.807) is 6.92 Å². The van der Waals surface area contributed by atoms with Crippen LogP contribution >= 0.6 is 0 Å². The summed E-state index contributed by atoms with van der Waals surface area (Å²) >= 11 is 0. The lowest BCUT2D eigenvalue weighted by Gasteiger charge is -2.32. The molecule has 32 heavy (non-hydrogen) atoms. The van der Waals surface area contributed by atoms with E-state index in [0.717, 1.165) is 44.2 Å². The van der Waals surface area contributed by atoms with Crippen LogP contribution in [0.5, 0.6) is 0 Å². The second-order valence-electron chi connectivity index (χ2n) is 8.29. The van der Waals surface area contributed by atoms with Crippen molar-refractivity contribution >= 4 is 5.91 Å². The third kappa shape index (κ3) is 4.24. The van der Waals surface area contributed by atoms with Gasteiger partial charge in [-0.1, -0.05) is 43.5 Å². The number of amides is 1. The maximum Gasteiger partial charge on any atom is 0.430 e. The molecule has 1 saturated carbocycles. The number of hydrogen-bond donors (Lipinski definition) is 2. The van der Waals surface area contributed by atoms with E-state index >= 15 is 0 Å². The molecule has 0 bridgehead atoms. The molecule has 1 aliphatic carbocycles. The molecule has 1 heterocycles. The molecule has 0 saturated heterocycles. The Hall–Kier alpha value is -2.49. The zero-order valence-corrected chi connectivity index (χ0v) is 17.4.